The van der Waals surface area contributed by atoms with Crippen molar-refractivity contribution in [3.63, 3.8) is 0 Å². The lowest BCUT2D eigenvalue weighted by atomic mass is 9.69. The standard InChI is InChI=1S/C22H18ClF4NO4/c1-2-10-9-21(31,22(25,26)27)19(13-8-14(23)17(24)18(29)16(10)13)28-15-5-3-4-12-11(15)6-7-32-20(12)30/h3-8,10,19,28-29,31H,2,9H2,1H3/t10-,19?,21+/m1/s1. The Morgan fingerprint density at radius 3 is 2.66 bits per heavy atom. The summed E-state index contributed by atoms with van der Waals surface area (Å²) in [5.74, 6) is -2.95. The number of rotatable bonds is 3. The zero-order valence-corrected chi connectivity index (χ0v) is 17.4. The van der Waals surface area contributed by atoms with E-state index >= 15 is 0 Å². The number of hydrogen-bond donors (Lipinski definition) is 3. The van der Waals surface area contributed by atoms with Crippen LogP contribution < -0.4 is 10.9 Å². The van der Waals surface area contributed by atoms with Crippen molar-refractivity contribution in [2.75, 3.05) is 5.32 Å². The van der Waals surface area contributed by atoms with Crippen LogP contribution >= 0.6 is 11.6 Å². The summed E-state index contributed by atoms with van der Waals surface area (Å²) in [5, 5.41) is 23.8. The van der Waals surface area contributed by atoms with Gasteiger partial charge in [0.15, 0.2) is 17.2 Å². The Morgan fingerprint density at radius 1 is 1.28 bits per heavy atom. The molecule has 0 saturated carbocycles. The van der Waals surface area contributed by atoms with E-state index in [1.54, 1.807) is 6.92 Å². The molecule has 5 nitrogen and oxygen atoms in total. The summed E-state index contributed by atoms with van der Waals surface area (Å²) in [6.07, 6.45) is -4.66. The van der Waals surface area contributed by atoms with E-state index in [-0.39, 0.29) is 34.0 Å². The highest BCUT2D eigenvalue weighted by Crippen LogP contribution is 2.56. The predicted octanol–water partition coefficient (Wildman–Crippen LogP) is 5.64. The predicted molar refractivity (Wildman–Crippen MR) is 111 cm³/mol. The second-order valence-corrected chi connectivity index (χ2v) is 8.21. The summed E-state index contributed by atoms with van der Waals surface area (Å²) >= 11 is 5.85. The van der Waals surface area contributed by atoms with Gasteiger partial charge in [-0.05, 0) is 48.6 Å². The maximum absolute atomic E-state index is 14.3. The Hall–Kier alpha value is -2.78. The second kappa shape index (κ2) is 7.67. The summed E-state index contributed by atoms with van der Waals surface area (Å²) in [4.78, 5) is 12.0. The van der Waals surface area contributed by atoms with Crippen LogP contribution in [0.1, 0.15) is 42.9 Å². The van der Waals surface area contributed by atoms with Gasteiger partial charge in [-0.15, -0.1) is 0 Å². The maximum atomic E-state index is 14.3. The molecule has 0 spiro atoms. The highest BCUT2D eigenvalue weighted by Gasteiger charge is 2.62. The van der Waals surface area contributed by atoms with Gasteiger partial charge in [-0.25, -0.2) is 9.18 Å². The fourth-order valence-electron chi connectivity index (χ4n) is 4.42. The number of aliphatic hydroxyl groups is 1. The van der Waals surface area contributed by atoms with Gasteiger partial charge in [-0.1, -0.05) is 24.6 Å². The van der Waals surface area contributed by atoms with Crippen molar-refractivity contribution < 1.29 is 32.2 Å². The molecule has 1 aliphatic carbocycles. The van der Waals surface area contributed by atoms with Crippen molar-refractivity contribution >= 4 is 28.1 Å². The molecule has 1 aromatic heterocycles. The molecule has 32 heavy (non-hydrogen) atoms. The van der Waals surface area contributed by atoms with Crippen LogP contribution in [-0.2, 0) is 0 Å². The fraction of sp³-hybridized carbons (Fsp3) is 0.318. The second-order valence-electron chi connectivity index (χ2n) is 7.81. The van der Waals surface area contributed by atoms with Gasteiger partial charge in [0.05, 0.1) is 22.7 Å². The van der Waals surface area contributed by atoms with E-state index < -0.39 is 52.4 Å². The van der Waals surface area contributed by atoms with Crippen molar-refractivity contribution in [3.05, 3.63) is 69.0 Å². The third kappa shape index (κ3) is 3.31. The van der Waals surface area contributed by atoms with Gasteiger partial charge < -0.3 is 19.9 Å². The van der Waals surface area contributed by atoms with Gasteiger partial charge in [0.25, 0.3) is 0 Å². The van der Waals surface area contributed by atoms with Crippen LogP contribution in [0.3, 0.4) is 0 Å². The Labute approximate surface area is 184 Å². The normalized spacial score (nSPS) is 23.2. The van der Waals surface area contributed by atoms with Gasteiger partial charge in [0.2, 0.25) is 0 Å². The highest BCUT2D eigenvalue weighted by molar-refractivity contribution is 6.31. The molecule has 2 aromatic carbocycles. The molecule has 0 bridgehead atoms. The van der Waals surface area contributed by atoms with E-state index in [0.29, 0.717) is 0 Å². The number of aromatic hydroxyl groups is 1. The number of nitrogens with one attached hydrogen (secondary N) is 1. The molecular formula is C22H18ClF4NO4. The lowest BCUT2D eigenvalue weighted by Crippen LogP contribution is -2.55. The SMILES string of the molecule is CC[C@@H]1C[C@@](O)(C(F)(F)F)C(Nc2cccc3c(=O)occc23)c2cc(Cl)c(F)c(O)c21. The minimum Gasteiger partial charge on any atom is -0.505 e. The number of phenolic OH excluding ortho intramolecular Hbond substituents is 1. The van der Waals surface area contributed by atoms with Crippen molar-refractivity contribution in [2.24, 2.45) is 0 Å². The Morgan fingerprint density at radius 2 is 2.00 bits per heavy atom. The molecule has 0 radical (unpaired) electrons. The first-order chi connectivity index (χ1) is 15.0. The van der Waals surface area contributed by atoms with Crippen LogP contribution in [0.4, 0.5) is 23.2 Å². The summed E-state index contributed by atoms with van der Waals surface area (Å²) in [5.41, 5.74) is -4.05. The van der Waals surface area contributed by atoms with Crippen molar-refractivity contribution in [2.45, 2.75) is 43.5 Å². The van der Waals surface area contributed by atoms with Crippen LogP contribution in [0, 0.1) is 5.82 Å². The number of halogens is 5. The quantitative estimate of drug-likeness (QED) is 0.431. The van der Waals surface area contributed by atoms with E-state index in [1.165, 1.54) is 24.3 Å². The Balaban J connectivity index is 1.98. The summed E-state index contributed by atoms with van der Waals surface area (Å²) in [6.45, 7) is 1.58. The molecule has 4 rings (SSSR count). The monoisotopic (exact) mass is 471 g/mol. The number of phenols is 1. The fourth-order valence-corrected chi connectivity index (χ4v) is 4.63. The number of benzene rings is 2. The third-order valence-electron chi connectivity index (χ3n) is 6.04. The molecule has 1 heterocycles. The zero-order chi connectivity index (χ0) is 23.4. The largest absolute Gasteiger partial charge is 0.505 e. The zero-order valence-electron chi connectivity index (χ0n) is 16.6. The highest BCUT2D eigenvalue weighted by atomic mass is 35.5. The van der Waals surface area contributed by atoms with Crippen molar-refractivity contribution in [1.29, 1.82) is 0 Å². The summed E-state index contributed by atoms with van der Waals surface area (Å²) in [7, 11) is 0. The Bertz CT molecular complexity index is 1260. The van der Waals surface area contributed by atoms with E-state index in [1.807, 2.05) is 0 Å². The average molecular weight is 472 g/mol. The minimum absolute atomic E-state index is 0.0411. The number of alkyl halides is 3. The molecule has 0 fully saturated rings. The molecular weight excluding hydrogens is 454 g/mol. The smallest absolute Gasteiger partial charge is 0.419 e. The molecule has 3 N–H and O–H groups in total. The van der Waals surface area contributed by atoms with Crippen LogP contribution in [0.5, 0.6) is 5.75 Å². The molecule has 0 aliphatic heterocycles. The average Bonchev–Trinajstić information content (AvgIpc) is 2.73. The Kier molecular flexibility index (Phi) is 5.37. The first kappa shape index (κ1) is 22.4. The molecule has 10 heteroatoms. The van der Waals surface area contributed by atoms with Crippen LogP contribution in [-0.4, -0.2) is 22.0 Å². The molecule has 3 atom stereocenters. The topological polar surface area (TPSA) is 82.7 Å². The molecule has 0 amide bonds. The van der Waals surface area contributed by atoms with E-state index in [0.717, 1.165) is 12.3 Å². The molecule has 1 unspecified atom stereocenters. The number of hydrogen-bond acceptors (Lipinski definition) is 5. The molecule has 1 aliphatic rings. The van der Waals surface area contributed by atoms with E-state index in [2.05, 4.69) is 5.32 Å². The summed E-state index contributed by atoms with van der Waals surface area (Å²) < 4.78 is 61.8. The molecule has 170 valence electrons. The van der Waals surface area contributed by atoms with Gasteiger partial charge in [-0.3, -0.25) is 0 Å². The lowest BCUT2D eigenvalue weighted by Gasteiger charge is -2.46. The summed E-state index contributed by atoms with van der Waals surface area (Å²) in [6, 6.07) is 4.88. The van der Waals surface area contributed by atoms with E-state index in [9.17, 15) is 32.6 Å². The minimum atomic E-state index is -5.07. The lowest BCUT2D eigenvalue weighted by molar-refractivity contribution is -0.272. The maximum Gasteiger partial charge on any atom is 0.419 e. The van der Waals surface area contributed by atoms with Crippen molar-refractivity contribution in [3.8, 4) is 5.75 Å². The van der Waals surface area contributed by atoms with Gasteiger partial charge >= 0.3 is 11.8 Å². The van der Waals surface area contributed by atoms with E-state index in [4.69, 9.17) is 16.0 Å². The first-order valence-electron chi connectivity index (χ1n) is 9.76. The first-order valence-corrected chi connectivity index (χ1v) is 10.1. The molecule has 3 aromatic rings. The van der Waals surface area contributed by atoms with Crippen LogP contribution in [0.2, 0.25) is 5.02 Å². The number of fused-ring (bicyclic) bond motifs is 2. The van der Waals surface area contributed by atoms with Crippen molar-refractivity contribution in [1.82, 2.24) is 0 Å². The van der Waals surface area contributed by atoms with Gasteiger partial charge in [-0.2, -0.15) is 13.2 Å². The number of anilines is 1. The van der Waals surface area contributed by atoms with Crippen LogP contribution in [0.25, 0.3) is 10.8 Å². The third-order valence-corrected chi connectivity index (χ3v) is 6.31. The van der Waals surface area contributed by atoms with Crippen LogP contribution in [0.15, 0.2) is 45.8 Å². The molecule has 0 saturated heterocycles. The van der Waals surface area contributed by atoms with Gasteiger partial charge in [0, 0.05) is 16.6 Å². The van der Waals surface area contributed by atoms with Gasteiger partial charge in [0.1, 0.15) is 0 Å².